The van der Waals surface area contributed by atoms with Crippen LogP contribution in [0.15, 0.2) is 36.4 Å². The normalized spacial score (nSPS) is 23.5. The lowest BCUT2D eigenvalue weighted by Crippen LogP contribution is -2.52. The van der Waals surface area contributed by atoms with Crippen LogP contribution >= 0.6 is 11.6 Å². The van der Waals surface area contributed by atoms with Gasteiger partial charge >= 0.3 is 0 Å². The molecule has 13 heteroatoms. The Kier molecular flexibility index (Phi) is 7.35. The van der Waals surface area contributed by atoms with Crippen LogP contribution in [-0.4, -0.2) is 68.0 Å². The summed E-state index contributed by atoms with van der Waals surface area (Å²) in [5.41, 5.74) is 6.67. The van der Waals surface area contributed by atoms with Crippen LogP contribution in [0.2, 0.25) is 5.15 Å². The molecule has 1 aliphatic carbocycles. The Morgan fingerprint density at radius 3 is 2.66 bits per heavy atom. The Morgan fingerprint density at radius 1 is 1.05 bits per heavy atom. The van der Waals surface area contributed by atoms with Crippen LogP contribution in [0, 0.1) is 5.92 Å². The van der Waals surface area contributed by atoms with Gasteiger partial charge in [0, 0.05) is 17.1 Å². The number of anilines is 2. The molecule has 4 heterocycles. The number of carbonyl (C=O) groups excluding carboxylic acids is 4. The standard InChI is InChI=1S/C28H31ClN8O4/c29-21-5-3-6-22(33-21)34-28(41)25-15-7-9-17(12-15)37(25)23(38)14-36-20-10-8-16(13-18(20)24(35-36)26(30)39)32-27(40)19-4-1-2-11-31-19/h3,5-6,8,10,13,15,17,19,25,31H,1-2,4,7,9,11-12,14H2,(H2,30,39)(H,32,40)(H,33,34,41)/t15-,17+,19?,25-/m0/s1. The van der Waals surface area contributed by atoms with Gasteiger partial charge in [0.2, 0.25) is 17.7 Å². The number of nitrogens with zero attached hydrogens (tertiary/aromatic N) is 4. The first-order valence-electron chi connectivity index (χ1n) is 13.9. The number of benzene rings is 1. The minimum absolute atomic E-state index is 0.00366. The fourth-order valence-electron chi connectivity index (χ4n) is 6.44. The Hall–Kier alpha value is -4.03. The second-order valence-electron chi connectivity index (χ2n) is 10.9. The van der Waals surface area contributed by atoms with E-state index in [1.54, 1.807) is 41.3 Å². The second-order valence-corrected chi connectivity index (χ2v) is 11.3. The zero-order valence-corrected chi connectivity index (χ0v) is 23.1. The Labute approximate surface area is 241 Å². The molecule has 3 fully saturated rings. The number of fused-ring (bicyclic) bond motifs is 3. The Bertz CT molecular complexity index is 1530. The van der Waals surface area contributed by atoms with E-state index < -0.39 is 11.9 Å². The summed E-state index contributed by atoms with van der Waals surface area (Å²) in [6.45, 7) is 0.617. The van der Waals surface area contributed by atoms with E-state index in [4.69, 9.17) is 17.3 Å². The monoisotopic (exact) mass is 578 g/mol. The predicted octanol–water partition coefficient (Wildman–Crippen LogP) is 2.28. The molecular formula is C28H31ClN8O4. The van der Waals surface area contributed by atoms with Crippen LogP contribution in [0.1, 0.15) is 49.0 Å². The molecule has 2 aromatic heterocycles. The van der Waals surface area contributed by atoms with Gasteiger partial charge < -0.3 is 26.6 Å². The molecular weight excluding hydrogens is 548 g/mol. The molecule has 3 aromatic rings. The van der Waals surface area contributed by atoms with Crippen molar-refractivity contribution < 1.29 is 19.2 Å². The number of primary amides is 1. The highest BCUT2D eigenvalue weighted by molar-refractivity contribution is 6.29. The number of piperidine rings is 2. The van der Waals surface area contributed by atoms with Gasteiger partial charge in [-0.15, -0.1) is 0 Å². The quantitative estimate of drug-likeness (QED) is 0.312. The number of nitrogens with one attached hydrogen (secondary N) is 3. The van der Waals surface area contributed by atoms with Crippen LogP contribution in [0.5, 0.6) is 0 Å². The molecule has 2 aliphatic heterocycles. The number of aromatic nitrogens is 3. The third-order valence-corrected chi connectivity index (χ3v) is 8.48. The van der Waals surface area contributed by atoms with E-state index >= 15 is 0 Å². The lowest BCUT2D eigenvalue weighted by molar-refractivity contribution is -0.141. The van der Waals surface area contributed by atoms with Crippen LogP contribution in [0.3, 0.4) is 0 Å². The fourth-order valence-corrected chi connectivity index (χ4v) is 6.60. The minimum Gasteiger partial charge on any atom is -0.364 e. The second kappa shape index (κ2) is 11.1. The molecule has 1 saturated carbocycles. The number of rotatable bonds is 7. The molecule has 6 rings (SSSR count). The summed E-state index contributed by atoms with van der Waals surface area (Å²) >= 11 is 5.97. The maximum absolute atomic E-state index is 13.7. The Morgan fingerprint density at radius 2 is 1.90 bits per heavy atom. The van der Waals surface area contributed by atoms with E-state index in [-0.39, 0.29) is 53.1 Å². The number of nitrogens with two attached hydrogens (primary N) is 1. The molecule has 41 heavy (non-hydrogen) atoms. The van der Waals surface area contributed by atoms with Crippen molar-refractivity contribution in [1.82, 2.24) is 25.0 Å². The van der Waals surface area contributed by atoms with E-state index in [2.05, 4.69) is 26.0 Å². The number of likely N-dealkylation sites (tertiary alicyclic amines) is 1. The highest BCUT2D eigenvalue weighted by atomic mass is 35.5. The summed E-state index contributed by atoms with van der Waals surface area (Å²) < 4.78 is 1.44. The molecule has 4 atom stereocenters. The predicted molar refractivity (Wildman–Crippen MR) is 152 cm³/mol. The van der Waals surface area contributed by atoms with E-state index in [1.165, 1.54) is 4.68 Å². The maximum Gasteiger partial charge on any atom is 0.269 e. The van der Waals surface area contributed by atoms with Gasteiger partial charge in [0.15, 0.2) is 5.69 Å². The van der Waals surface area contributed by atoms with Crippen molar-refractivity contribution in [3.63, 3.8) is 0 Å². The summed E-state index contributed by atoms with van der Waals surface area (Å²) in [6, 6.07) is 9.05. The third kappa shape index (κ3) is 5.36. The van der Waals surface area contributed by atoms with Gasteiger partial charge in [-0.2, -0.15) is 5.10 Å². The van der Waals surface area contributed by atoms with Crippen molar-refractivity contribution in [3.05, 3.63) is 47.2 Å². The zero-order chi connectivity index (χ0) is 28.7. The van der Waals surface area contributed by atoms with Crippen molar-refractivity contribution in [2.75, 3.05) is 17.2 Å². The molecule has 214 valence electrons. The summed E-state index contributed by atoms with van der Waals surface area (Å²) in [4.78, 5) is 57.8. The number of carbonyl (C=O) groups is 4. The molecule has 3 aliphatic rings. The molecule has 0 radical (unpaired) electrons. The van der Waals surface area contributed by atoms with Crippen LogP contribution < -0.4 is 21.7 Å². The van der Waals surface area contributed by atoms with Gasteiger partial charge in [-0.05, 0) is 74.9 Å². The van der Waals surface area contributed by atoms with Gasteiger partial charge in [-0.1, -0.05) is 24.1 Å². The molecule has 0 spiro atoms. The Balaban J connectivity index is 1.22. The number of hydrogen-bond acceptors (Lipinski definition) is 7. The summed E-state index contributed by atoms with van der Waals surface area (Å²) in [5.74, 6) is -1.11. The van der Waals surface area contributed by atoms with Crippen LogP contribution in [0.25, 0.3) is 10.9 Å². The molecule has 1 aromatic carbocycles. The molecule has 2 saturated heterocycles. The number of pyridine rings is 1. The SMILES string of the molecule is NC(=O)c1nn(CC(=O)N2[C@@H]3CC[C@@H](C3)[C@H]2C(=O)Nc2cccc(Cl)n2)c2ccc(NC(=O)C3CCCCN3)cc12. The number of hydrogen-bond donors (Lipinski definition) is 4. The largest absolute Gasteiger partial charge is 0.364 e. The topological polar surface area (TPSA) is 164 Å². The molecule has 5 N–H and O–H groups in total. The number of amides is 4. The highest BCUT2D eigenvalue weighted by Gasteiger charge is 2.51. The number of halogens is 1. The van der Waals surface area contributed by atoms with E-state index in [9.17, 15) is 19.2 Å². The summed E-state index contributed by atoms with van der Waals surface area (Å²) in [5, 5.41) is 14.0. The van der Waals surface area contributed by atoms with Gasteiger partial charge in [0.05, 0.1) is 11.6 Å². The minimum atomic E-state index is -0.745. The third-order valence-electron chi connectivity index (χ3n) is 8.27. The first-order chi connectivity index (χ1) is 19.8. The highest BCUT2D eigenvalue weighted by Crippen LogP contribution is 2.43. The average molecular weight is 579 g/mol. The van der Waals surface area contributed by atoms with Gasteiger partial charge in [-0.3, -0.25) is 23.9 Å². The molecule has 1 unspecified atom stereocenters. The first-order valence-corrected chi connectivity index (χ1v) is 14.3. The molecule has 12 nitrogen and oxygen atoms in total. The smallest absolute Gasteiger partial charge is 0.269 e. The van der Waals surface area contributed by atoms with Crippen LogP contribution in [0.4, 0.5) is 11.5 Å². The van der Waals surface area contributed by atoms with E-state index in [0.29, 0.717) is 22.4 Å². The molecule has 2 bridgehead atoms. The maximum atomic E-state index is 13.7. The van der Waals surface area contributed by atoms with E-state index in [0.717, 1.165) is 45.1 Å². The summed E-state index contributed by atoms with van der Waals surface area (Å²) in [7, 11) is 0. The van der Waals surface area contributed by atoms with E-state index in [1.807, 2.05) is 0 Å². The van der Waals surface area contributed by atoms with Crippen molar-refractivity contribution in [2.45, 2.75) is 63.2 Å². The fraction of sp³-hybridized carbons (Fsp3) is 0.429. The zero-order valence-electron chi connectivity index (χ0n) is 22.3. The molecule has 4 amide bonds. The summed E-state index contributed by atoms with van der Waals surface area (Å²) in [6.07, 6.45) is 5.21. The van der Waals surface area contributed by atoms with Crippen molar-refractivity contribution in [3.8, 4) is 0 Å². The average Bonchev–Trinajstić information content (AvgIpc) is 3.67. The van der Waals surface area contributed by atoms with Crippen molar-refractivity contribution in [2.24, 2.45) is 11.7 Å². The van der Waals surface area contributed by atoms with Gasteiger partial charge in [-0.25, -0.2) is 4.98 Å². The lowest BCUT2D eigenvalue weighted by Gasteiger charge is -2.34. The van der Waals surface area contributed by atoms with Crippen molar-refractivity contribution >= 4 is 57.6 Å². The van der Waals surface area contributed by atoms with Gasteiger partial charge in [0.25, 0.3) is 5.91 Å². The van der Waals surface area contributed by atoms with Crippen molar-refractivity contribution in [1.29, 1.82) is 0 Å². The first kappa shape index (κ1) is 27.2. The lowest BCUT2D eigenvalue weighted by atomic mass is 9.97. The van der Waals surface area contributed by atoms with Crippen LogP contribution in [-0.2, 0) is 20.9 Å². The van der Waals surface area contributed by atoms with Gasteiger partial charge in [0.1, 0.15) is 23.6 Å².